The summed E-state index contributed by atoms with van der Waals surface area (Å²) in [7, 11) is 0. The van der Waals surface area contributed by atoms with Crippen LogP contribution in [0.4, 0.5) is 13.2 Å². The Labute approximate surface area is 123 Å². The Hall–Kier alpha value is -1.04. The van der Waals surface area contributed by atoms with Gasteiger partial charge in [-0.15, -0.1) is 0 Å². The first-order valence-corrected chi connectivity index (χ1v) is 7.40. The van der Waals surface area contributed by atoms with Crippen LogP contribution in [-0.4, -0.2) is 16.8 Å². The molecule has 0 unspecified atom stereocenters. The predicted octanol–water partition coefficient (Wildman–Crippen LogP) is 4.14. The van der Waals surface area contributed by atoms with Gasteiger partial charge in [0.05, 0.1) is 5.56 Å². The van der Waals surface area contributed by atoms with Gasteiger partial charge in [0.2, 0.25) is 0 Å². The summed E-state index contributed by atoms with van der Waals surface area (Å²) < 4.78 is 37.3. The van der Waals surface area contributed by atoms with E-state index in [0.717, 1.165) is 37.8 Å². The van der Waals surface area contributed by atoms with E-state index in [-0.39, 0.29) is 17.5 Å². The van der Waals surface area contributed by atoms with E-state index in [1.54, 1.807) is 0 Å². The quantitative estimate of drug-likeness (QED) is 0.798. The monoisotopic (exact) mass is 349 g/mol. The smallest absolute Gasteiger partial charge is 0.349 e. The van der Waals surface area contributed by atoms with E-state index in [2.05, 4.69) is 21.2 Å². The second-order valence-corrected chi connectivity index (χ2v) is 6.29. The van der Waals surface area contributed by atoms with Crippen LogP contribution in [0, 0.1) is 0 Å². The van der Waals surface area contributed by atoms with Crippen molar-refractivity contribution in [2.45, 2.75) is 42.7 Å². The van der Waals surface area contributed by atoms with E-state index < -0.39 is 11.7 Å². The molecular formula is C14H15BrF3NO. The number of benzene rings is 1. The van der Waals surface area contributed by atoms with Crippen molar-refractivity contribution in [2.75, 3.05) is 0 Å². The molecule has 1 saturated carbocycles. The molecule has 1 N–H and O–H groups in total. The van der Waals surface area contributed by atoms with Gasteiger partial charge in [-0.1, -0.05) is 15.9 Å². The number of halogens is 4. The highest BCUT2D eigenvalue weighted by Gasteiger charge is 2.30. The van der Waals surface area contributed by atoms with Gasteiger partial charge in [0, 0.05) is 16.4 Å². The molecule has 0 saturated heterocycles. The van der Waals surface area contributed by atoms with Crippen LogP contribution in [0.2, 0.25) is 0 Å². The number of hydrogen-bond donors (Lipinski definition) is 1. The van der Waals surface area contributed by atoms with E-state index in [1.807, 2.05) is 0 Å². The molecule has 0 aliphatic heterocycles. The fourth-order valence-corrected chi connectivity index (χ4v) is 2.81. The van der Waals surface area contributed by atoms with E-state index in [0.29, 0.717) is 4.83 Å². The molecule has 2 rings (SSSR count). The van der Waals surface area contributed by atoms with Crippen molar-refractivity contribution in [3.63, 3.8) is 0 Å². The van der Waals surface area contributed by atoms with Crippen LogP contribution < -0.4 is 5.32 Å². The van der Waals surface area contributed by atoms with Gasteiger partial charge >= 0.3 is 6.18 Å². The first-order valence-electron chi connectivity index (χ1n) is 6.48. The molecule has 0 spiro atoms. The van der Waals surface area contributed by atoms with Gasteiger partial charge in [0.25, 0.3) is 5.91 Å². The standard InChI is InChI=1S/C14H15BrF3NO/c15-11-5-7-12(8-6-11)19-13(20)9-1-3-10(4-2-9)14(16,17)18/h1-4,11-12H,5-8H2,(H,19,20). The van der Waals surface area contributed by atoms with Gasteiger partial charge in [0.15, 0.2) is 0 Å². The summed E-state index contributed by atoms with van der Waals surface area (Å²) in [4.78, 5) is 12.5. The number of nitrogens with one attached hydrogen (secondary N) is 1. The topological polar surface area (TPSA) is 29.1 Å². The lowest BCUT2D eigenvalue weighted by Crippen LogP contribution is -2.37. The van der Waals surface area contributed by atoms with Gasteiger partial charge in [-0.05, 0) is 49.9 Å². The molecule has 1 aromatic rings. The van der Waals surface area contributed by atoms with Crippen molar-refractivity contribution in [1.29, 1.82) is 0 Å². The molecule has 20 heavy (non-hydrogen) atoms. The van der Waals surface area contributed by atoms with Crippen molar-refractivity contribution >= 4 is 21.8 Å². The van der Waals surface area contributed by atoms with E-state index in [4.69, 9.17) is 0 Å². The predicted molar refractivity (Wildman–Crippen MR) is 73.9 cm³/mol. The van der Waals surface area contributed by atoms with Crippen LogP contribution in [0.5, 0.6) is 0 Å². The van der Waals surface area contributed by atoms with Gasteiger partial charge in [0.1, 0.15) is 0 Å². The zero-order chi connectivity index (χ0) is 14.8. The van der Waals surface area contributed by atoms with Gasteiger partial charge < -0.3 is 5.32 Å². The summed E-state index contributed by atoms with van der Waals surface area (Å²) in [5.74, 6) is -0.309. The molecule has 2 nitrogen and oxygen atoms in total. The van der Waals surface area contributed by atoms with E-state index >= 15 is 0 Å². The molecule has 110 valence electrons. The van der Waals surface area contributed by atoms with Crippen molar-refractivity contribution < 1.29 is 18.0 Å². The Morgan fingerprint density at radius 2 is 1.65 bits per heavy atom. The fraction of sp³-hybridized carbons (Fsp3) is 0.500. The Bertz CT molecular complexity index is 464. The maximum Gasteiger partial charge on any atom is 0.416 e. The zero-order valence-electron chi connectivity index (χ0n) is 10.7. The molecule has 1 aliphatic rings. The van der Waals surface area contributed by atoms with Crippen LogP contribution in [0.25, 0.3) is 0 Å². The van der Waals surface area contributed by atoms with Crippen molar-refractivity contribution in [3.05, 3.63) is 35.4 Å². The molecule has 0 atom stereocenters. The van der Waals surface area contributed by atoms with Crippen molar-refractivity contribution in [3.8, 4) is 0 Å². The van der Waals surface area contributed by atoms with Gasteiger partial charge in [-0.3, -0.25) is 4.79 Å². The highest BCUT2D eigenvalue weighted by molar-refractivity contribution is 9.09. The second-order valence-electron chi connectivity index (χ2n) is 5.00. The number of rotatable bonds is 2. The minimum absolute atomic E-state index is 0.110. The lowest BCUT2D eigenvalue weighted by molar-refractivity contribution is -0.137. The maximum atomic E-state index is 12.4. The Kier molecular flexibility index (Phi) is 4.73. The van der Waals surface area contributed by atoms with Crippen LogP contribution in [0.3, 0.4) is 0 Å². The molecule has 1 fully saturated rings. The normalized spacial score (nSPS) is 23.4. The molecule has 0 radical (unpaired) electrons. The fourth-order valence-electron chi connectivity index (χ4n) is 2.28. The molecule has 1 amide bonds. The molecule has 0 bridgehead atoms. The average Bonchev–Trinajstić information content (AvgIpc) is 2.40. The second kappa shape index (κ2) is 6.16. The number of alkyl halides is 4. The summed E-state index contributed by atoms with van der Waals surface area (Å²) in [5.41, 5.74) is -0.479. The van der Waals surface area contributed by atoms with Crippen LogP contribution in [0.1, 0.15) is 41.6 Å². The largest absolute Gasteiger partial charge is 0.416 e. The van der Waals surface area contributed by atoms with Gasteiger partial charge in [-0.2, -0.15) is 13.2 Å². The third-order valence-corrected chi connectivity index (χ3v) is 4.38. The summed E-state index contributed by atoms with van der Waals surface area (Å²) in [5, 5.41) is 2.87. The van der Waals surface area contributed by atoms with E-state index in [1.165, 1.54) is 12.1 Å². The highest BCUT2D eigenvalue weighted by atomic mass is 79.9. The summed E-state index contributed by atoms with van der Waals surface area (Å²) in [6, 6.07) is 4.41. The van der Waals surface area contributed by atoms with Crippen molar-refractivity contribution in [1.82, 2.24) is 5.32 Å². The lowest BCUT2D eigenvalue weighted by atomic mass is 9.95. The first-order chi connectivity index (χ1) is 9.36. The van der Waals surface area contributed by atoms with Crippen LogP contribution in [0.15, 0.2) is 24.3 Å². The minimum atomic E-state index is -4.37. The first kappa shape index (κ1) is 15.4. The number of hydrogen-bond acceptors (Lipinski definition) is 1. The number of amides is 1. The zero-order valence-corrected chi connectivity index (χ0v) is 12.3. The highest BCUT2D eigenvalue weighted by Crippen LogP contribution is 2.29. The number of carbonyl (C=O) groups excluding carboxylic acids is 1. The Morgan fingerprint density at radius 1 is 1.10 bits per heavy atom. The Balaban J connectivity index is 1.96. The Morgan fingerprint density at radius 3 is 2.15 bits per heavy atom. The molecule has 0 aromatic heterocycles. The third-order valence-electron chi connectivity index (χ3n) is 3.47. The van der Waals surface area contributed by atoms with Crippen LogP contribution >= 0.6 is 15.9 Å². The third kappa shape index (κ3) is 3.98. The molecule has 0 heterocycles. The number of carbonyl (C=O) groups is 1. The van der Waals surface area contributed by atoms with Crippen molar-refractivity contribution in [2.24, 2.45) is 0 Å². The molecular weight excluding hydrogens is 335 g/mol. The molecule has 6 heteroatoms. The SMILES string of the molecule is O=C(NC1CCC(Br)CC1)c1ccc(C(F)(F)F)cc1. The van der Waals surface area contributed by atoms with Gasteiger partial charge in [-0.25, -0.2) is 0 Å². The molecule has 1 aliphatic carbocycles. The minimum Gasteiger partial charge on any atom is -0.349 e. The summed E-state index contributed by atoms with van der Waals surface area (Å²) in [6.45, 7) is 0. The maximum absolute atomic E-state index is 12.4. The van der Waals surface area contributed by atoms with E-state index in [9.17, 15) is 18.0 Å². The average molecular weight is 350 g/mol. The molecule has 1 aromatic carbocycles. The lowest BCUT2D eigenvalue weighted by Gasteiger charge is -2.26. The summed E-state index contributed by atoms with van der Waals surface area (Å²) >= 11 is 3.53. The summed E-state index contributed by atoms with van der Waals surface area (Å²) in [6.07, 6.45) is -0.593. The van der Waals surface area contributed by atoms with Crippen LogP contribution in [-0.2, 0) is 6.18 Å².